The largest absolute Gasteiger partial charge is 0.435 e. The topological polar surface area (TPSA) is 73.1 Å². The van der Waals surface area contributed by atoms with Crippen molar-refractivity contribution in [3.8, 4) is 0 Å². The van der Waals surface area contributed by atoms with Crippen LogP contribution in [0.15, 0.2) is 12.1 Å². The first-order valence-electron chi connectivity index (χ1n) is 6.97. The fourth-order valence-corrected chi connectivity index (χ4v) is 2.24. The van der Waals surface area contributed by atoms with Crippen molar-refractivity contribution in [1.82, 2.24) is 10.2 Å². The van der Waals surface area contributed by atoms with E-state index in [1.165, 1.54) is 6.07 Å². The lowest BCUT2D eigenvalue weighted by molar-refractivity contribution is -0.141. The average molecular weight is 304 g/mol. The quantitative estimate of drug-likeness (QED) is 0.816. The second-order valence-corrected chi connectivity index (χ2v) is 5.14. The third-order valence-corrected chi connectivity index (χ3v) is 3.44. The van der Waals surface area contributed by atoms with Gasteiger partial charge in [-0.15, -0.1) is 10.2 Å². The van der Waals surface area contributed by atoms with E-state index >= 15 is 0 Å². The van der Waals surface area contributed by atoms with Crippen LogP contribution in [0.2, 0.25) is 0 Å². The summed E-state index contributed by atoms with van der Waals surface area (Å²) in [5, 5.41) is 9.50. The van der Waals surface area contributed by atoms with Crippen LogP contribution in [-0.4, -0.2) is 35.5 Å². The molecule has 0 aromatic carbocycles. The molecule has 2 rings (SSSR count). The van der Waals surface area contributed by atoms with Gasteiger partial charge in [-0.25, -0.2) is 0 Å². The van der Waals surface area contributed by atoms with Crippen LogP contribution in [0.1, 0.15) is 31.4 Å². The highest BCUT2D eigenvalue weighted by Gasteiger charge is 2.32. The molecule has 0 spiro atoms. The molecule has 0 radical (unpaired) electrons. The number of alkyl halides is 3. The zero-order valence-corrected chi connectivity index (χ0v) is 11.6. The molecule has 0 amide bonds. The lowest BCUT2D eigenvalue weighted by atomic mass is 9.94. The van der Waals surface area contributed by atoms with Crippen LogP contribution in [0.25, 0.3) is 0 Å². The second kappa shape index (κ2) is 7.04. The number of hydrogen-bond acceptors (Lipinski definition) is 5. The first-order chi connectivity index (χ1) is 9.95. The minimum atomic E-state index is -4.46. The molecule has 0 bridgehead atoms. The lowest BCUT2D eigenvalue weighted by Gasteiger charge is -2.26. The number of nitrogens with one attached hydrogen (secondary N) is 1. The summed E-state index contributed by atoms with van der Waals surface area (Å²) < 4.78 is 42.6. The molecule has 1 aromatic rings. The zero-order valence-electron chi connectivity index (χ0n) is 11.6. The van der Waals surface area contributed by atoms with Crippen molar-refractivity contribution in [1.29, 1.82) is 0 Å². The van der Waals surface area contributed by atoms with E-state index in [0.29, 0.717) is 19.0 Å². The number of hydrogen-bond donors (Lipinski definition) is 2. The lowest BCUT2D eigenvalue weighted by Crippen LogP contribution is -2.31. The van der Waals surface area contributed by atoms with Gasteiger partial charge in [0.25, 0.3) is 0 Å². The van der Waals surface area contributed by atoms with E-state index in [9.17, 15) is 13.2 Å². The predicted molar refractivity (Wildman–Crippen MR) is 71.7 cm³/mol. The van der Waals surface area contributed by atoms with Crippen molar-refractivity contribution in [2.24, 2.45) is 5.73 Å². The van der Waals surface area contributed by atoms with Gasteiger partial charge in [0.05, 0.1) is 12.7 Å². The summed E-state index contributed by atoms with van der Waals surface area (Å²) in [4.78, 5) is 0. The molecular weight excluding hydrogens is 285 g/mol. The van der Waals surface area contributed by atoms with Crippen LogP contribution >= 0.6 is 0 Å². The average Bonchev–Trinajstić information content (AvgIpc) is 2.45. The molecule has 118 valence electrons. The van der Waals surface area contributed by atoms with Crippen molar-refractivity contribution in [3.63, 3.8) is 0 Å². The minimum Gasteiger partial charge on any atom is -0.376 e. The van der Waals surface area contributed by atoms with Gasteiger partial charge in [0.2, 0.25) is 0 Å². The molecule has 1 aliphatic rings. The molecule has 21 heavy (non-hydrogen) atoms. The highest BCUT2D eigenvalue weighted by atomic mass is 19.4. The molecule has 1 aromatic heterocycles. The van der Waals surface area contributed by atoms with E-state index in [0.717, 1.165) is 31.7 Å². The zero-order chi connectivity index (χ0) is 15.3. The van der Waals surface area contributed by atoms with Gasteiger partial charge in [0.1, 0.15) is 5.82 Å². The first-order valence-corrected chi connectivity index (χ1v) is 6.97. The van der Waals surface area contributed by atoms with Crippen molar-refractivity contribution in [2.75, 3.05) is 18.5 Å². The summed E-state index contributed by atoms with van der Waals surface area (Å²) in [5.74, 6) is 0.303. The molecule has 0 aliphatic heterocycles. The van der Waals surface area contributed by atoms with E-state index in [1.54, 1.807) is 0 Å². The Bertz CT molecular complexity index is 430. The predicted octanol–water partition coefficient (Wildman–Crippen LogP) is 2.19. The number of nitrogens with zero attached hydrogens (tertiary/aromatic N) is 2. The Morgan fingerprint density at radius 3 is 2.48 bits per heavy atom. The van der Waals surface area contributed by atoms with Crippen LogP contribution in [0, 0.1) is 0 Å². The molecule has 1 saturated carbocycles. The van der Waals surface area contributed by atoms with Crippen LogP contribution in [0.4, 0.5) is 19.0 Å². The molecule has 1 aliphatic carbocycles. The van der Waals surface area contributed by atoms with Gasteiger partial charge in [-0.2, -0.15) is 13.2 Å². The standard InChI is InChI=1S/C13H19F3N4O/c14-13(15,16)11-5-6-12(20-19-11)18-7-8-21-10-3-1-9(17)2-4-10/h5-6,9-10H,1-4,7-8,17H2,(H,18,20). The summed E-state index contributed by atoms with van der Waals surface area (Å²) in [7, 11) is 0. The maximum absolute atomic E-state index is 12.3. The molecule has 5 nitrogen and oxygen atoms in total. The van der Waals surface area contributed by atoms with Gasteiger partial charge >= 0.3 is 6.18 Å². The number of halogens is 3. The van der Waals surface area contributed by atoms with E-state index in [1.807, 2.05) is 0 Å². The summed E-state index contributed by atoms with van der Waals surface area (Å²) in [6, 6.07) is 2.44. The Labute approximate surface area is 121 Å². The number of nitrogens with two attached hydrogens (primary N) is 1. The van der Waals surface area contributed by atoms with Crippen molar-refractivity contribution in [3.05, 3.63) is 17.8 Å². The molecule has 3 N–H and O–H groups in total. The third kappa shape index (κ3) is 5.13. The summed E-state index contributed by atoms with van der Waals surface area (Å²) in [6.45, 7) is 0.950. The van der Waals surface area contributed by atoms with E-state index in [2.05, 4.69) is 15.5 Å². The Morgan fingerprint density at radius 1 is 1.19 bits per heavy atom. The van der Waals surface area contributed by atoms with E-state index in [4.69, 9.17) is 10.5 Å². The Morgan fingerprint density at radius 2 is 1.90 bits per heavy atom. The normalized spacial score (nSPS) is 23.0. The van der Waals surface area contributed by atoms with Crippen molar-refractivity contribution < 1.29 is 17.9 Å². The van der Waals surface area contributed by atoms with Crippen LogP contribution in [0.5, 0.6) is 0 Å². The van der Waals surface area contributed by atoms with Crippen LogP contribution in [0.3, 0.4) is 0 Å². The second-order valence-electron chi connectivity index (χ2n) is 5.14. The van der Waals surface area contributed by atoms with E-state index < -0.39 is 11.9 Å². The fourth-order valence-electron chi connectivity index (χ4n) is 2.24. The molecule has 0 unspecified atom stereocenters. The van der Waals surface area contributed by atoms with Gasteiger partial charge in [-0.05, 0) is 37.8 Å². The molecule has 0 saturated heterocycles. The minimum absolute atomic E-state index is 0.227. The SMILES string of the molecule is NC1CCC(OCCNc2ccc(C(F)(F)F)nn2)CC1. The van der Waals surface area contributed by atoms with Crippen LogP contribution < -0.4 is 11.1 Å². The number of anilines is 1. The molecule has 8 heteroatoms. The number of ether oxygens (including phenoxy) is 1. The van der Waals surface area contributed by atoms with Gasteiger partial charge in [-0.3, -0.25) is 0 Å². The Hall–Kier alpha value is -1.41. The van der Waals surface area contributed by atoms with Crippen LogP contribution in [-0.2, 0) is 10.9 Å². The Balaban J connectivity index is 1.67. The highest BCUT2D eigenvalue weighted by molar-refractivity contribution is 5.33. The first kappa shape index (κ1) is 16.0. The van der Waals surface area contributed by atoms with Gasteiger partial charge < -0.3 is 15.8 Å². The molecule has 1 heterocycles. The number of aromatic nitrogens is 2. The van der Waals surface area contributed by atoms with E-state index in [-0.39, 0.29) is 12.1 Å². The monoisotopic (exact) mass is 304 g/mol. The summed E-state index contributed by atoms with van der Waals surface area (Å²) in [6.07, 6.45) is -0.366. The third-order valence-electron chi connectivity index (χ3n) is 3.44. The smallest absolute Gasteiger partial charge is 0.376 e. The van der Waals surface area contributed by atoms with Gasteiger partial charge in [0.15, 0.2) is 5.69 Å². The fraction of sp³-hybridized carbons (Fsp3) is 0.692. The Kier molecular flexibility index (Phi) is 5.35. The number of rotatable bonds is 5. The molecular formula is C13H19F3N4O. The van der Waals surface area contributed by atoms with Crippen molar-refractivity contribution in [2.45, 2.75) is 44.0 Å². The molecule has 0 atom stereocenters. The maximum Gasteiger partial charge on any atom is 0.435 e. The molecule has 1 fully saturated rings. The van der Waals surface area contributed by atoms with Gasteiger partial charge in [-0.1, -0.05) is 0 Å². The van der Waals surface area contributed by atoms with Gasteiger partial charge in [0, 0.05) is 12.6 Å². The van der Waals surface area contributed by atoms with Crippen molar-refractivity contribution >= 4 is 5.82 Å². The maximum atomic E-state index is 12.3. The highest BCUT2D eigenvalue weighted by Crippen LogP contribution is 2.27. The summed E-state index contributed by atoms with van der Waals surface area (Å²) >= 11 is 0. The summed E-state index contributed by atoms with van der Waals surface area (Å²) in [5.41, 5.74) is 4.81.